The standard InChI is InChI=1S/C16H14N2O5/c17-15(21)10-5-1-3-7-12(10)18-14(20)9-23-16(22)11-6-2-4-8-13(11)19/h1-8,19H,9H2,(H2,17,21)(H,18,20). The fourth-order valence-corrected chi connectivity index (χ4v) is 1.85. The lowest BCUT2D eigenvalue weighted by molar-refractivity contribution is -0.119. The first-order valence-corrected chi connectivity index (χ1v) is 6.63. The number of primary amides is 1. The molecule has 2 aromatic carbocycles. The number of phenolic OH excluding ortho intramolecular Hbond substituents is 1. The number of para-hydroxylation sites is 2. The molecule has 2 amide bonds. The molecule has 7 nitrogen and oxygen atoms in total. The zero-order valence-corrected chi connectivity index (χ0v) is 12.0. The first-order valence-electron chi connectivity index (χ1n) is 6.63. The molecule has 118 valence electrons. The summed E-state index contributed by atoms with van der Waals surface area (Å²) < 4.78 is 4.82. The highest BCUT2D eigenvalue weighted by atomic mass is 16.5. The molecule has 0 fully saturated rings. The molecule has 0 unspecified atom stereocenters. The predicted octanol–water partition coefficient (Wildman–Crippen LogP) is 1.29. The molecule has 0 heterocycles. The summed E-state index contributed by atoms with van der Waals surface area (Å²) in [7, 11) is 0. The lowest BCUT2D eigenvalue weighted by Gasteiger charge is -2.09. The molecule has 2 aromatic rings. The van der Waals surface area contributed by atoms with Gasteiger partial charge in [0.15, 0.2) is 6.61 Å². The molecule has 0 aliphatic rings. The predicted molar refractivity (Wildman–Crippen MR) is 82.0 cm³/mol. The SMILES string of the molecule is NC(=O)c1ccccc1NC(=O)COC(=O)c1ccccc1O. The molecule has 2 rings (SSSR count). The van der Waals surface area contributed by atoms with Crippen LogP contribution in [0.2, 0.25) is 0 Å². The Morgan fingerprint density at radius 3 is 2.26 bits per heavy atom. The van der Waals surface area contributed by atoms with E-state index in [1.165, 1.54) is 24.3 Å². The Hall–Kier alpha value is -3.35. The van der Waals surface area contributed by atoms with Crippen molar-refractivity contribution in [2.45, 2.75) is 0 Å². The summed E-state index contributed by atoms with van der Waals surface area (Å²) in [6.45, 7) is -0.569. The molecule has 0 saturated carbocycles. The van der Waals surface area contributed by atoms with Gasteiger partial charge in [-0.2, -0.15) is 0 Å². The molecule has 0 atom stereocenters. The van der Waals surface area contributed by atoms with Crippen LogP contribution in [-0.4, -0.2) is 29.5 Å². The van der Waals surface area contributed by atoms with E-state index in [-0.39, 0.29) is 22.6 Å². The van der Waals surface area contributed by atoms with Gasteiger partial charge in [-0.3, -0.25) is 9.59 Å². The number of phenols is 1. The van der Waals surface area contributed by atoms with Crippen LogP contribution >= 0.6 is 0 Å². The Morgan fingerprint density at radius 2 is 1.61 bits per heavy atom. The van der Waals surface area contributed by atoms with Gasteiger partial charge in [0.25, 0.3) is 11.8 Å². The normalized spacial score (nSPS) is 9.91. The number of carbonyl (C=O) groups is 3. The van der Waals surface area contributed by atoms with E-state index in [1.54, 1.807) is 24.3 Å². The zero-order valence-electron chi connectivity index (χ0n) is 12.0. The second-order valence-corrected chi connectivity index (χ2v) is 4.55. The Morgan fingerprint density at radius 1 is 1.00 bits per heavy atom. The summed E-state index contributed by atoms with van der Waals surface area (Å²) in [6, 6.07) is 12.0. The van der Waals surface area contributed by atoms with Crippen LogP contribution in [0.25, 0.3) is 0 Å². The van der Waals surface area contributed by atoms with Crippen LogP contribution in [0.5, 0.6) is 5.75 Å². The number of nitrogens with one attached hydrogen (secondary N) is 1. The molecule has 0 radical (unpaired) electrons. The van der Waals surface area contributed by atoms with Crippen LogP contribution < -0.4 is 11.1 Å². The molecule has 0 saturated heterocycles. The van der Waals surface area contributed by atoms with Gasteiger partial charge in [-0.25, -0.2) is 4.79 Å². The number of hydrogen-bond acceptors (Lipinski definition) is 5. The Labute approximate surface area is 131 Å². The minimum absolute atomic E-state index is 0.0437. The van der Waals surface area contributed by atoms with Crippen LogP contribution in [0.15, 0.2) is 48.5 Å². The van der Waals surface area contributed by atoms with Crippen molar-refractivity contribution in [3.63, 3.8) is 0 Å². The molecule has 4 N–H and O–H groups in total. The van der Waals surface area contributed by atoms with Crippen molar-refractivity contribution >= 4 is 23.5 Å². The highest BCUT2D eigenvalue weighted by molar-refractivity contribution is 6.03. The third-order valence-corrected chi connectivity index (χ3v) is 2.92. The average molecular weight is 314 g/mol. The van der Waals surface area contributed by atoms with E-state index in [1.807, 2.05) is 0 Å². The van der Waals surface area contributed by atoms with Gasteiger partial charge in [0.1, 0.15) is 11.3 Å². The van der Waals surface area contributed by atoms with E-state index in [4.69, 9.17) is 10.5 Å². The third kappa shape index (κ3) is 4.07. The molecule has 0 aromatic heterocycles. The highest BCUT2D eigenvalue weighted by Gasteiger charge is 2.15. The van der Waals surface area contributed by atoms with Gasteiger partial charge in [-0.1, -0.05) is 24.3 Å². The fraction of sp³-hybridized carbons (Fsp3) is 0.0625. The quantitative estimate of drug-likeness (QED) is 0.718. The minimum atomic E-state index is -0.832. The summed E-state index contributed by atoms with van der Waals surface area (Å²) in [5.41, 5.74) is 5.53. The number of rotatable bonds is 5. The van der Waals surface area contributed by atoms with Crippen LogP contribution in [0.4, 0.5) is 5.69 Å². The largest absolute Gasteiger partial charge is 0.507 e. The van der Waals surface area contributed by atoms with Gasteiger partial charge in [0.05, 0.1) is 11.3 Å². The Kier molecular flexibility index (Phi) is 4.93. The number of aromatic hydroxyl groups is 1. The van der Waals surface area contributed by atoms with E-state index in [0.29, 0.717) is 0 Å². The van der Waals surface area contributed by atoms with Gasteiger partial charge in [0.2, 0.25) is 0 Å². The number of ether oxygens (including phenoxy) is 1. The molecule has 0 bridgehead atoms. The van der Waals surface area contributed by atoms with Crippen LogP contribution in [-0.2, 0) is 9.53 Å². The number of benzene rings is 2. The van der Waals surface area contributed by atoms with E-state index in [0.717, 1.165) is 0 Å². The molecule has 0 aliphatic carbocycles. The summed E-state index contributed by atoms with van der Waals surface area (Å²) >= 11 is 0. The number of hydrogen-bond donors (Lipinski definition) is 3. The maximum absolute atomic E-state index is 11.8. The smallest absolute Gasteiger partial charge is 0.342 e. The molecule has 0 aliphatic heterocycles. The monoisotopic (exact) mass is 314 g/mol. The Balaban J connectivity index is 1.97. The number of anilines is 1. The first-order chi connectivity index (χ1) is 11.0. The van der Waals surface area contributed by atoms with Gasteiger partial charge >= 0.3 is 5.97 Å². The van der Waals surface area contributed by atoms with Gasteiger partial charge in [-0.15, -0.1) is 0 Å². The Bertz CT molecular complexity index is 758. The third-order valence-electron chi connectivity index (χ3n) is 2.92. The van der Waals surface area contributed by atoms with Crippen molar-refractivity contribution in [3.05, 3.63) is 59.7 Å². The van der Waals surface area contributed by atoms with Crippen molar-refractivity contribution in [3.8, 4) is 5.75 Å². The van der Waals surface area contributed by atoms with E-state index in [2.05, 4.69) is 5.32 Å². The van der Waals surface area contributed by atoms with Gasteiger partial charge < -0.3 is 20.9 Å². The van der Waals surface area contributed by atoms with Crippen molar-refractivity contribution in [1.29, 1.82) is 0 Å². The fourth-order valence-electron chi connectivity index (χ4n) is 1.85. The van der Waals surface area contributed by atoms with E-state index >= 15 is 0 Å². The second-order valence-electron chi connectivity index (χ2n) is 4.55. The van der Waals surface area contributed by atoms with Crippen LogP contribution in [0.3, 0.4) is 0 Å². The van der Waals surface area contributed by atoms with Crippen molar-refractivity contribution in [1.82, 2.24) is 0 Å². The van der Waals surface area contributed by atoms with Crippen molar-refractivity contribution < 1.29 is 24.2 Å². The number of esters is 1. The van der Waals surface area contributed by atoms with Crippen molar-refractivity contribution in [2.24, 2.45) is 5.73 Å². The van der Waals surface area contributed by atoms with Crippen molar-refractivity contribution in [2.75, 3.05) is 11.9 Å². The lowest BCUT2D eigenvalue weighted by Crippen LogP contribution is -2.23. The number of carbonyl (C=O) groups excluding carboxylic acids is 3. The minimum Gasteiger partial charge on any atom is -0.507 e. The summed E-state index contributed by atoms with van der Waals surface area (Å²) in [5, 5.41) is 12.0. The van der Waals surface area contributed by atoms with E-state index < -0.39 is 24.4 Å². The highest BCUT2D eigenvalue weighted by Crippen LogP contribution is 2.17. The zero-order chi connectivity index (χ0) is 16.8. The maximum Gasteiger partial charge on any atom is 0.342 e. The maximum atomic E-state index is 11.8. The summed E-state index contributed by atoms with van der Waals surface area (Å²) in [5.74, 6) is -2.40. The topological polar surface area (TPSA) is 119 Å². The molecule has 0 spiro atoms. The summed E-state index contributed by atoms with van der Waals surface area (Å²) in [6.07, 6.45) is 0. The molecular formula is C16H14N2O5. The lowest BCUT2D eigenvalue weighted by atomic mass is 10.1. The number of amides is 2. The molecular weight excluding hydrogens is 300 g/mol. The molecule has 7 heteroatoms. The van der Waals surface area contributed by atoms with Gasteiger partial charge in [-0.05, 0) is 24.3 Å². The van der Waals surface area contributed by atoms with Crippen LogP contribution in [0, 0.1) is 0 Å². The van der Waals surface area contributed by atoms with Crippen LogP contribution in [0.1, 0.15) is 20.7 Å². The first kappa shape index (κ1) is 16.0. The second kappa shape index (κ2) is 7.08. The van der Waals surface area contributed by atoms with Gasteiger partial charge in [0, 0.05) is 0 Å². The molecule has 23 heavy (non-hydrogen) atoms. The average Bonchev–Trinajstić information content (AvgIpc) is 2.53. The summed E-state index contributed by atoms with van der Waals surface area (Å²) in [4.78, 5) is 34.8. The number of nitrogens with two attached hydrogens (primary N) is 1. The van der Waals surface area contributed by atoms with E-state index in [9.17, 15) is 19.5 Å².